The maximum absolute atomic E-state index is 11.2. The zero-order valence-electron chi connectivity index (χ0n) is 27.9. The molecule has 0 amide bonds. The van der Waals surface area contributed by atoms with E-state index in [1.165, 1.54) is 12.1 Å². The Bertz CT molecular complexity index is 1640. The van der Waals surface area contributed by atoms with Crippen molar-refractivity contribution in [3.05, 3.63) is 47.2 Å². The molecule has 0 saturated carbocycles. The van der Waals surface area contributed by atoms with Gasteiger partial charge in [-0.3, -0.25) is 0 Å². The average Bonchev–Trinajstić information content (AvgIpc) is 3.15. The van der Waals surface area contributed by atoms with Crippen LogP contribution in [0.2, 0.25) is 0 Å². The van der Waals surface area contributed by atoms with Crippen LogP contribution in [0.15, 0.2) is 36.1 Å². The summed E-state index contributed by atoms with van der Waals surface area (Å²) in [6.07, 6.45) is -26.5. The van der Waals surface area contributed by atoms with E-state index < -0.39 is 135 Å². The molecule has 0 radical (unpaired) electrons. The number of aliphatic hydroxyl groups excluding tert-OH is 11. The van der Waals surface area contributed by atoms with Crippen molar-refractivity contribution in [1.82, 2.24) is 0 Å². The number of fused-ring (bicyclic) bond motifs is 1. The lowest BCUT2D eigenvalue weighted by molar-refractivity contribution is -0.364. The largest absolute Gasteiger partial charge is 0.508 e. The Hall–Kier alpha value is -3.62. The van der Waals surface area contributed by atoms with E-state index in [1.807, 2.05) is 0 Å². The van der Waals surface area contributed by atoms with E-state index in [0.717, 1.165) is 24.3 Å². The van der Waals surface area contributed by atoms with Gasteiger partial charge < -0.3 is 105 Å². The molecule has 54 heavy (non-hydrogen) atoms. The zero-order chi connectivity index (χ0) is 39.2. The first-order chi connectivity index (χ1) is 25.7. The van der Waals surface area contributed by atoms with Gasteiger partial charge in [-0.15, -0.1) is 0 Å². The molecule has 0 aromatic heterocycles. The molecule has 6 rings (SSSR count). The van der Waals surface area contributed by atoms with Crippen molar-refractivity contribution >= 4 is 6.08 Å². The van der Waals surface area contributed by atoms with Gasteiger partial charge in [0, 0.05) is 17.7 Å². The predicted molar refractivity (Wildman–Crippen MR) is 171 cm³/mol. The lowest BCUT2D eigenvalue weighted by Crippen LogP contribution is -2.64. The molecule has 0 bridgehead atoms. The SMILES string of the molecule is OC[C@H]1O[C@@H](Oc2cc(O)cc3c2C=C(O[C@@H]2O[C@H](CO)[C@@H](O)[C@H](O)[C@H]2O[C@@H]2O[C@H](CO)[C@@H](O)[C@H](O)[C@H]2O)C(c2ccc(O)c(O)c2)O3)[C@H](O)[C@@H](O)[C@@H]1O. The second-order valence-electron chi connectivity index (χ2n) is 13.1. The van der Waals surface area contributed by atoms with Crippen molar-refractivity contribution in [2.24, 2.45) is 0 Å². The Morgan fingerprint density at radius 3 is 1.70 bits per heavy atom. The third-order valence-electron chi connectivity index (χ3n) is 9.49. The van der Waals surface area contributed by atoms with E-state index in [-0.39, 0.29) is 28.4 Å². The molecule has 16 atom stereocenters. The fourth-order valence-electron chi connectivity index (χ4n) is 6.41. The van der Waals surface area contributed by atoms with Crippen molar-refractivity contribution in [1.29, 1.82) is 0 Å². The van der Waals surface area contributed by atoms with Gasteiger partial charge >= 0.3 is 0 Å². The van der Waals surface area contributed by atoms with Gasteiger partial charge in [0.25, 0.3) is 0 Å². The maximum Gasteiger partial charge on any atom is 0.229 e. The standard InChI is InChI=1S/C33H42O21/c34-7-18-21(40)24(43)27(46)31(51-18)49-16-5-11(37)4-15-12(16)6-17(29(48-15)10-1-2-13(38)14(39)3-10)50-33-30(26(45)23(42)20(9-36)53-33)54-32-28(47)25(44)22(41)19(8-35)52-32/h1-6,18-47H,7-9H2/t18-,19-,20-,21-,22-,23-,24+,25+,26+,27-,28-,29?,30-,31-,32+,33-/m1/s1. The molecule has 4 aliphatic heterocycles. The molecule has 14 N–H and O–H groups in total. The number of benzene rings is 2. The smallest absolute Gasteiger partial charge is 0.229 e. The van der Waals surface area contributed by atoms with Gasteiger partial charge in [0.1, 0.15) is 90.2 Å². The number of aromatic hydroxyl groups is 3. The molecule has 3 fully saturated rings. The Balaban J connectivity index is 1.40. The third kappa shape index (κ3) is 7.62. The summed E-state index contributed by atoms with van der Waals surface area (Å²) >= 11 is 0. The highest BCUT2D eigenvalue weighted by molar-refractivity contribution is 5.70. The van der Waals surface area contributed by atoms with Gasteiger partial charge in [0.05, 0.1) is 25.4 Å². The normalized spacial score (nSPS) is 39.6. The first-order valence-electron chi connectivity index (χ1n) is 16.7. The van der Waals surface area contributed by atoms with Crippen LogP contribution in [0.1, 0.15) is 17.2 Å². The number of phenols is 3. The van der Waals surface area contributed by atoms with E-state index >= 15 is 0 Å². The van der Waals surface area contributed by atoms with Crippen LogP contribution in [0, 0.1) is 0 Å². The topological polar surface area (TPSA) is 348 Å². The van der Waals surface area contributed by atoms with Gasteiger partial charge in [-0.25, -0.2) is 0 Å². The van der Waals surface area contributed by atoms with E-state index in [1.54, 1.807) is 0 Å². The fourth-order valence-corrected chi connectivity index (χ4v) is 6.41. The lowest BCUT2D eigenvalue weighted by Gasteiger charge is -2.46. The van der Waals surface area contributed by atoms with Gasteiger partial charge in [-0.1, -0.05) is 6.07 Å². The van der Waals surface area contributed by atoms with Crippen molar-refractivity contribution in [2.75, 3.05) is 19.8 Å². The number of hydrogen-bond acceptors (Lipinski definition) is 21. The maximum atomic E-state index is 11.2. The molecule has 0 aliphatic carbocycles. The minimum atomic E-state index is -1.96. The molecule has 4 aliphatic rings. The van der Waals surface area contributed by atoms with Crippen LogP contribution in [0.3, 0.4) is 0 Å². The molecule has 1 unspecified atom stereocenters. The highest BCUT2D eigenvalue weighted by Gasteiger charge is 2.52. The Morgan fingerprint density at radius 1 is 0.556 bits per heavy atom. The Labute approximate surface area is 304 Å². The number of phenolic OH excluding ortho intramolecular Hbond substituents is 3. The summed E-state index contributed by atoms with van der Waals surface area (Å²) < 4.78 is 40.6. The fraction of sp³-hybridized carbons (Fsp3) is 0.576. The van der Waals surface area contributed by atoms with Crippen molar-refractivity contribution < 1.29 is 105 Å². The molecule has 4 heterocycles. The lowest BCUT2D eigenvalue weighted by atomic mass is 9.97. The van der Waals surface area contributed by atoms with Gasteiger partial charge in [-0.2, -0.15) is 0 Å². The van der Waals surface area contributed by atoms with E-state index in [0.29, 0.717) is 0 Å². The molecular weight excluding hydrogens is 732 g/mol. The number of hydrogen-bond donors (Lipinski definition) is 14. The summed E-state index contributed by atoms with van der Waals surface area (Å²) in [5, 5.41) is 144. The number of ether oxygens (including phenoxy) is 7. The predicted octanol–water partition coefficient (Wildman–Crippen LogP) is -4.90. The zero-order valence-corrected chi connectivity index (χ0v) is 27.9. The molecule has 300 valence electrons. The van der Waals surface area contributed by atoms with Crippen molar-refractivity contribution in [3.63, 3.8) is 0 Å². The van der Waals surface area contributed by atoms with Crippen molar-refractivity contribution in [2.45, 2.75) is 98.2 Å². The summed E-state index contributed by atoms with van der Waals surface area (Å²) in [5.41, 5.74) is 0.0870. The number of aliphatic hydroxyl groups is 11. The molecule has 0 spiro atoms. The summed E-state index contributed by atoms with van der Waals surface area (Å²) in [7, 11) is 0. The first-order valence-corrected chi connectivity index (χ1v) is 16.7. The van der Waals surface area contributed by atoms with Crippen LogP contribution >= 0.6 is 0 Å². The van der Waals surface area contributed by atoms with Crippen LogP contribution in [-0.4, -0.2) is 183 Å². The van der Waals surface area contributed by atoms with E-state index in [4.69, 9.17) is 33.2 Å². The minimum absolute atomic E-state index is 0.0273. The monoisotopic (exact) mass is 774 g/mol. The molecule has 21 heteroatoms. The third-order valence-corrected chi connectivity index (χ3v) is 9.49. The summed E-state index contributed by atoms with van der Waals surface area (Å²) in [5.74, 6) is -2.16. The van der Waals surface area contributed by atoms with Crippen LogP contribution in [0.4, 0.5) is 0 Å². The highest BCUT2D eigenvalue weighted by Crippen LogP contribution is 2.47. The highest BCUT2D eigenvalue weighted by atomic mass is 16.8. The minimum Gasteiger partial charge on any atom is -0.508 e. The second-order valence-corrected chi connectivity index (χ2v) is 13.1. The van der Waals surface area contributed by atoms with E-state index in [2.05, 4.69) is 0 Å². The summed E-state index contributed by atoms with van der Waals surface area (Å²) in [6, 6.07) is 5.78. The van der Waals surface area contributed by atoms with Crippen LogP contribution in [0.5, 0.6) is 28.7 Å². The molecular formula is C33H42O21. The summed E-state index contributed by atoms with van der Waals surface area (Å²) in [6.45, 7) is -2.44. The molecule has 3 saturated heterocycles. The Morgan fingerprint density at radius 2 is 1.11 bits per heavy atom. The Kier molecular flexibility index (Phi) is 12.0. The van der Waals surface area contributed by atoms with Crippen LogP contribution in [0.25, 0.3) is 6.08 Å². The quantitative estimate of drug-likeness (QED) is 0.101. The van der Waals surface area contributed by atoms with Crippen LogP contribution in [-0.2, 0) is 23.7 Å². The number of rotatable bonds is 10. The van der Waals surface area contributed by atoms with Gasteiger partial charge in [0.2, 0.25) is 12.6 Å². The van der Waals surface area contributed by atoms with Gasteiger partial charge in [0.15, 0.2) is 30.0 Å². The van der Waals surface area contributed by atoms with Gasteiger partial charge in [-0.05, 0) is 18.2 Å². The van der Waals surface area contributed by atoms with Crippen LogP contribution < -0.4 is 9.47 Å². The second kappa shape index (κ2) is 16.2. The molecule has 2 aromatic carbocycles. The first kappa shape index (κ1) is 40.1. The van der Waals surface area contributed by atoms with E-state index in [9.17, 15) is 71.5 Å². The molecule has 2 aromatic rings. The van der Waals surface area contributed by atoms with Crippen molar-refractivity contribution in [3.8, 4) is 28.7 Å². The molecule has 21 nitrogen and oxygen atoms in total. The average molecular weight is 775 g/mol. The summed E-state index contributed by atoms with van der Waals surface area (Å²) in [4.78, 5) is 0.